The number of carbonyl (C=O) groups is 2. The summed E-state index contributed by atoms with van der Waals surface area (Å²) in [6.45, 7) is -0.439. The smallest absolute Gasteiger partial charge is 0.262 e. The fourth-order valence-electron chi connectivity index (χ4n) is 1.59. The maximum atomic E-state index is 11.7. The van der Waals surface area contributed by atoms with Crippen molar-refractivity contribution in [1.29, 1.82) is 0 Å². The van der Waals surface area contributed by atoms with Gasteiger partial charge in [0.1, 0.15) is 6.17 Å². The summed E-state index contributed by atoms with van der Waals surface area (Å²) in [6, 6.07) is 6.50. The Bertz CT molecular complexity index is 395. The molecule has 1 aromatic carbocycles. The highest BCUT2D eigenvalue weighted by Crippen LogP contribution is 2.22. The van der Waals surface area contributed by atoms with E-state index in [9.17, 15) is 9.59 Å². The van der Waals surface area contributed by atoms with Gasteiger partial charge < -0.3 is 10.8 Å². The molecule has 1 aromatic rings. The fraction of sp³-hybridized carbons (Fsp3) is 0.200. The molecule has 0 aliphatic carbocycles. The molecule has 0 spiro atoms. The molecule has 0 fully saturated rings. The van der Waals surface area contributed by atoms with Crippen LogP contribution in [0.25, 0.3) is 0 Å². The van der Waals surface area contributed by atoms with Crippen molar-refractivity contribution in [3.8, 4) is 0 Å². The summed E-state index contributed by atoms with van der Waals surface area (Å²) in [6.07, 6.45) is -0.975. The molecule has 1 aliphatic rings. The Morgan fingerprint density at radius 2 is 1.67 bits per heavy atom. The minimum atomic E-state index is -0.975. The Balaban J connectivity index is 2.45. The Morgan fingerprint density at radius 3 is 2.07 bits per heavy atom. The molecule has 2 amide bonds. The van der Waals surface area contributed by atoms with E-state index < -0.39 is 24.6 Å². The van der Waals surface area contributed by atoms with Gasteiger partial charge in [0, 0.05) is 0 Å². The third kappa shape index (κ3) is 1.33. The van der Waals surface area contributed by atoms with Crippen LogP contribution < -0.4 is 5.73 Å². The number of aliphatic hydroxyl groups excluding tert-OH is 1. The van der Waals surface area contributed by atoms with Crippen LogP contribution in [-0.4, -0.2) is 34.6 Å². The van der Waals surface area contributed by atoms with E-state index in [1.54, 1.807) is 24.3 Å². The van der Waals surface area contributed by atoms with Crippen molar-refractivity contribution in [2.24, 2.45) is 5.73 Å². The lowest BCUT2D eigenvalue weighted by Crippen LogP contribution is -2.47. The summed E-state index contributed by atoms with van der Waals surface area (Å²) in [4.78, 5) is 24.3. The molecule has 5 heteroatoms. The van der Waals surface area contributed by atoms with Crippen molar-refractivity contribution in [1.82, 2.24) is 4.90 Å². The summed E-state index contributed by atoms with van der Waals surface area (Å²) in [5, 5.41) is 8.84. The van der Waals surface area contributed by atoms with Crippen LogP contribution in [0, 0.1) is 0 Å². The molecule has 0 aromatic heterocycles. The van der Waals surface area contributed by atoms with Crippen LogP contribution in [0.3, 0.4) is 0 Å². The second-order valence-electron chi connectivity index (χ2n) is 3.28. The quantitative estimate of drug-likeness (QED) is 0.642. The number of hydrogen-bond acceptors (Lipinski definition) is 4. The molecule has 0 saturated heterocycles. The van der Waals surface area contributed by atoms with Gasteiger partial charge in [0.2, 0.25) is 0 Å². The molecule has 0 bridgehead atoms. The van der Waals surface area contributed by atoms with E-state index in [4.69, 9.17) is 10.8 Å². The van der Waals surface area contributed by atoms with E-state index in [1.165, 1.54) is 0 Å². The molecule has 1 unspecified atom stereocenters. The Morgan fingerprint density at radius 1 is 1.20 bits per heavy atom. The predicted molar refractivity (Wildman–Crippen MR) is 52.0 cm³/mol. The first kappa shape index (κ1) is 9.82. The van der Waals surface area contributed by atoms with E-state index in [1.807, 2.05) is 0 Å². The van der Waals surface area contributed by atoms with Crippen molar-refractivity contribution < 1.29 is 14.7 Å². The van der Waals surface area contributed by atoms with Crippen LogP contribution >= 0.6 is 0 Å². The van der Waals surface area contributed by atoms with Crippen molar-refractivity contribution in [3.05, 3.63) is 35.4 Å². The highest BCUT2D eigenvalue weighted by molar-refractivity contribution is 6.21. The van der Waals surface area contributed by atoms with Crippen LogP contribution in [-0.2, 0) is 0 Å². The molecule has 1 heterocycles. The van der Waals surface area contributed by atoms with Gasteiger partial charge in [0.15, 0.2) is 0 Å². The zero-order chi connectivity index (χ0) is 11.0. The zero-order valence-electron chi connectivity index (χ0n) is 7.88. The standard InChI is InChI=1S/C10H10N2O3/c11-8(5-13)12-9(14)6-3-1-2-4-7(6)10(12)15/h1-4,8,13H,5,11H2. The number of imide groups is 1. The average molecular weight is 206 g/mol. The number of benzene rings is 1. The number of aliphatic hydroxyl groups is 1. The first-order chi connectivity index (χ1) is 7.16. The maximum Gasteiger partial charge on any atom is 0.262 e. The van der Waals surface area contributed by atoms with E-state index in [0.29, 0.717) is 11.1 Å². The number of nitrogens with two attached hydrogens (primary N) is 1. The molecular weight excluding hydrogens is 196 g/mol. The number of amides is 2. The molecule has 0 saturated carbocycles. The van der Waals surface area contributed by atoms with Crippen LogP contribution in [0.2, 0.25) is 0 Å². The van der Waals surface area contributed by atoms with E-state index >= 15 is 0 Å². The molecule has 2 rings (SSSR count). The van der Waals surface area contributed by atoms with E-state index in [-0.39, 0.29) is 0 Å². The van der Waals surface area contributed by atoms with E-state index in [0.717, 1.165) is 4.90 Å². The lowest BCUT2D eigenvalue weighted by Gasteiger charge is -2.19. The highest BCUT2D eigenvalue weighted by atomic mass is 16.3. The SMILES string of the molecule is NC(CO)N1C(=O)c2ccccc2C1=O. The van der Waals surface area contributed by atoms with Gasteiger partial charge in [0.05, 0.1) is 17.7 Å². The van der Waals surface area contributed by atoms with Crippen molar-refractivity contribution >= 4 is 11.8 Å². The topological polar surface area (TPSA) is 83.6 Å². The highest BCUT2D eigenvalue weighted by Gasteiger charge is 2.38. The average Bonchev–Trinajstić information content (AvgIpc) is 2.52. The maximum absolute atomic E-state index is 11.7. The van der Waals surface area contributed by atoms with Crippen LogP contribution in [0.4, 0.5) is 0 Å². The molecule has 15 heavy (non-hydrogen) atoms. The Labute approximate surface area is 86.1 Å². The Kier molecular flexibility index (Phi) is 2.26. The number of carbonyl (C=O) groups excluding carboxylic acids is 2. The number of nitrogens with zero attached hydrogens (tertiary/aromatic N) is 1. The summed E-state index contributed by atoms with van der Waals surface area (Å²) < 4.78 is 0. The summed E-state index contributed by atoms with van der Waals surface area (Å²) >= 11 is 0. The first-order valence-corrected chi connectivity index (χ1v) is 4.50. The van der Waals surface area contributed by atoms with Crippen LogP contribution in [0.1, 0.15) is 20.7 Å². The minimum absolute atomic E-state index is 0.339. The fourth-order valence-corrected chi connectivity index (χ4v) is 1.59. The summed E-state index contributed by atoms with van der Waals surface area (Å²) in [5.41, 5.74) is 6.15. The molecule has 78 valence electrons. The second kappa shape index (κ2) is 3.45. The lowest BCUT2D eigenvalue weighted by atomic mass is 10.1. The molecule has 1 atom stereocenters. The summed E-state index contributed by atoms with van der Waals surface area (Å²) in [5.74, 6) is -0.894. The lowest BCUT2D eigenvalue weighted by molar-refractivity contribution is 0.0524. The summed E-state index contributed by atoms with van der Waals surface area (Å²) in [7, 11) is 0. The molecule has 3 N–H and O–H groups in total. The number of hydrogen-bond donors (Lipinski definition) is 2. The van der Waals surface area contributed by atoms with Gasteiger partial charge in [-0.1, -0.05) is 12.1 Å². The predicted octanol–water partition coefficient (Wildman–Crippen LogP) is -0.440. The van der Waals surface area contributed by atoms with Crippen molar-refractivity contribution in [2.45, 2.75) is 6.17 Å². The van der Waals surface area contributed by atoms with Gasteiger partial charge in [-0.05, 0) is 12.1 Å². The minimum Gasteiger partial charge on any atom is -0.393 e. The number of rotatable bonds is 2. The van der Waals surface area contributed by atoms with Crippen molar-refractivity contribution in [3.63, 3.8) is 0 Å². The van der Waals surface area contributed by atoms with E-state index in [2.05, 4.69) is 0 Å². The normalized spacial score (nSPS) is 16.8. The van der Waals surface area contributed by atoms with Gasteiger partial charge in [-0.3, -0.25) is 14.5 Å². The van der Waals surface area contributed by atoms with Crippen molar-refractivity contribution in [2.75, 3.05) is 6.61 Å². The molecular formula is C10H10N2O3. The molecule has 5 nitrogen and oxygen atoms in total. The van der Waals surface area contributed by atoms with Gasteiger partial charge >= 0.3 is 0 Å². The van der Waals surface area contributed by atoms with Gasteiger partial charge in [-0.2, -0.15) is 0 Å². The van der Waals surface area contributed by atoms with Crippen LogP contribution in [0.5, 0.6) is 0 Å². The van der Waals surface area contributed by atoms with Gasteiger partial charge in [-0.15, -0.1) is 0 Å². The zero-order valence-corrected chi connectivity index (χ0v) is 7.88. The first-order valence-electron chi connectivity index (χ1n) is 4.50. The second-order valence-corrected chi connectivity index (χ2v) is 3.28. The molecule has 1 aliphatic heterocycles. The third-order valence-electron chi connectivity index (χ3n) is 2.34. The monoisotopic (exact) mass is 206 g/mol. The Hall–Kier alpha value is -1.72. The molecule has 0 radical (unpaired) electrons. The third-order valence-corrected chi connectivity index (χ3v) is 2.34. The number of fused-ring (bicyclic) bond motifs is 1. The van der Waals surface area contributed by atoms with Gasteiger partial charge in [0.25, 0.3) is 11.8 Å². The van der Waals surface area contributed by atoms with Crippen LogP contribution in [0.15, 0.2) is 24.3 Å². The van der Waals surface area contributed by atoms with Gasteiger partial charge in [-0.25, -0.2) is 0 Å². The largest absolute Gasteiger partial charge is 0.393 e.